The molecule has 0 spiro atoms. The van der Waals surface area contributed by atoms with Crippen LogP contribution < -0.4 is 11.1 Å². The zero-order valence-electron chi connectivity index (χ0n) is 8.16. The lowest BCUT2D eigenvalue weighted by atomic mass is 10.2. The molecule has 0 aliphatic carbocycles. The Morgan fingerprint density at radius 3 is 2.93 bits per heavy atom. The second-order valence-corrected chi connectivity index (χ2v) is 3.01. The molecule has 0 aromatic carbocycles. The fourth-order valence-electron chi connectivity index (χ4n) is 1.38. The maximum Gasteiger partial charge on any atom is 0.410 e. The Hall–Kier alpha value is -1.30. The SMILES string of the molecule is CCOC(=O)N1CCNCC1C(N)=O. The second kappa shape index (κ2) is 4.80. The highest BCUT2D eigenvalue weighted by Gasteiger charge is 2.31. The third-order valence-electron chi connectivity index (χ3n) is 2.07. The van der Waals surface area contributed by atoms with Gasteiger partial charge in [-0.3, -0.25) is 9.69 Å². The molecule has 1 fully saturated rings. The first-order chi connectivity index (χ1) is 6.66. The molecule has 1 unspecified atom stereocenters. The molecule has 0 saturated carbocycles. The molecular formula is C8H15N3O3. The molecule has 0 aromatic heterocycles. The quantitative estimate of drug-likeness (QED) is 0.594. The predicted octanol–water partition coefficient (Wildman–Crippen LogP) is -1.10. The van der Waals surface area contributed by atoms with Crippen LogP contribution in [0.3, 0.4) is 0 Å². The summed E-state index contributed by atoms with van der Waals surface area (Å²) in [5.74, 6) is -0.509. The number of ether oxygens (including phenoxy) is 1. The maximum atomic E-state index is 11.4. The van der Waals surface area contributed by atoms with Gasteiger partial charge in [-0.2, -0.15) is 0 Å². The van der Waals surface area contributed by atoms with E-state index in [0.717, 1.165) is 0 Å². The van der Waals surface area contributed by atoms with Gasteiger partial charge in [0.15, 0.2) is 0 Å². The molecule has 3 N–H and O–H groups in total. The monoisotopic (exact) mass is 201 g/mol. The first kappa shape index (κ1) is 10.8. The molecule has 1 heterocycles. The molecule has 1 rings (SSSR count). The summed E-state index contributed by atoms with van der Waals surface area (Å²) in [5.41, 5.74) is 5.16. The van der Waals surface area contributed by atoms with Crippen molar-refractivity contribution in [3.05, 3.63) is 0 Å². The topological polar surface area (TPSA) is 84.7 Å². The number of primary amides is 1. The first-order valence-corrected chi connectivity index (χ1v) is 4.60. The normalized spacial score (nSPS) is 21.8. The van der Waals surface area contributed by atoms with Gasteiger partial charge < -0.3 is 15.8 Å². The molecule has 6 nitrogen and oxygen atoms in total. The molecule has 2 amide bonds. The van der Waals surface area contributed by atoms with Crippen LogP contribution in [0.2, 0.25) is 0 Å². The van der Waals surface area contributed by atoms with E-state index in [1.165, 1.54) is 4.90 Å². The van der Waals surface area contributed by atoms with E-state index in [-0.39, 0.29) is 0 Å². The highest BCUT2D eigenvalue weighted by Crippen LogP contribution is 2.05. The van der Waals surface area contributed by atoms with Gasteiger partial charge in [-0.05, 0) is 6.92 Å². The molecule has 0 bridgehead atoms. The Morgan fingerprint density at radius 2 is 2.36 bits per heavy atom. The average Bonchev–Trinajstić information content (AvgIpc) is 2.18. The van der Waals surface area contributed by atoms with E-state index in [9.17, 15) is 9.59 Å². The summed E-state index contributed by atoms with van der Waals surface area (Å²) >= 11 is 0. The fourth-order valence-corrected chi connectivity index (χ4v) is 1.38. The van der Waals surface area contributed by atoms with E-state index >= 15 is 0 Å². The Morgan fingerprint density at radius 1 is 1.64 bits per heavy atom. The van der Waals surface area contributed by atoms with Crippen LogP contribution in [0.4, 0.5) is 4.79 Å². The third-order valence-corrected chi connectivity index (χ3v) is 2.07. The smallest absolute Gasteiger partial charge is 0.410 e. The van der Waals surface area contributed by atoms with Gasteiger partial charge >= 0.3 is 6.09 Å². The summed E-state index contributed by atoms with van der Waals surface area (Å²) in [6, 6.07) is -0.595. The van der Waals surface area contributed by atoms with Crippen molar-refractivity contribution in [1.29, 1.82) is 0 Å². The Balaban J connectivity index is 2.62. The number of nitrogens with zero attached hydrogens (tertiary/aromatic N) is 1. The molecule has 0 aromatic rings. The van der Waals surface area contributed by atoms with E-state index in [4.69, 9.17) is 10.5 Å². The lowest BCUT2D eigenvalue weighted by Gasteiger charge is -2.33. The Bertz CT molecular complexity index is 232. The minimum atomic E-state index is -0.595. The van der Waals surface area contributed by atoms with Gasteiger partial charge in [0.2, 0.25) is 5.91 Å². The van der Waals surface area contributed by atoms with Crippen molar-refractivity contribution >= 4 is 12.0 Å². The minimum Gasteiger partial charge on any atom is -0.450 e. The van der Waals surface area contributed by atoms with Gasteiger partial charge in [0.05, 0.1) is 6.61 Å². The van der Waals surface area contributed by atoms with Crippen LogP contribution in [0.5, 0.6) is 0 Å². The summed E-state index contributed by atoms with van der Waals surface area (Å²) < 4.78 is 4.81. The fraction of sp³-hybridized carbons (Fsp3) is 0.750. The number of piperazine rings is 1. The molecule has 1 saturated heterocycles. The van der Waals surface area contributed by atoms with Crippen molar-refractivity contribution < 1.29 is 14.3 Å². The van der Waals surface area contributed by atoms with Crippen molar-refractivity contribution in [1.82, 2.24) is 10.2 Å². The van der Waals surface area contributed by atoms with E-state index in [1.807, 2.05) is 0 Å². The average molecular weight is 201 g/mol. The Kier molecular flexibility index (Phi) is 3.70. The molecule has 6 heteroatoms. The third kappa shape index (κ3) is 2.35. The molecule has 80 valence electrons. The summed E-state index contributed by atoms with van der Waals surface area (Å²) in [5, 5.41) is 2.99. The lowest BCUT2D eigenvalue weighted by molar-refractivity contribution is -0.123. The number of nitrogens with one attached hydrogen (secondary N) is 1. The summed E-state index contributed by atoms with van der Waals surface area (Å²) in [6.45, 7) is 3.52. The number of carbonyl (C=O) groups is 2. The van der Waals surface area contributed by atoms with Crippen LogP contribution in [0.15, 0.2) is 0 Å². The van der Waals surface area contributed by atoms with Crippen LogP contribution in [0, 0.1) is 0 Å². The summed E-state index contributed by atoms with van der Waals surface area (Å²) in [4.78, 5) is 23.8. The predicted molar refractivity (Wildman–Crippen MR) is 49.6 cm³/mol. The van der Waals surface area contributed by atoms with Crippen molar-refractivity contribution in [3.63, 3.8) is 0 Å². The number of nitrogens with two attached hydrogens (primary N) is 1. The van der Waals surface area contributed by atoms with E-state index in [2.05, 4.69) is 5.32 Å². The van der Waals surface area contributed by atoms with Crippen LogP contribution in [-0.2, 0) is 9.53 Å². The Labute approximate surface area is 82.4 Å². The first-order valence-electron chi connectivity index (χ1n) is 4.60. The van der Waals surface area contributed by atoms with Gasteiger partial charge in [0.1, 0.15) is 6.04 Å². The number of hydrogen-bond donors (Lipinski definition) is 2. The number of hydrogen-bond acceptors (Lipinski definition) is 4. The number of amides is 2. The van der Waals surface area contributed by atoms with Crippen molar-refractivity contribution in [3.8, 4) is 0 Å². The van der Waals surface area contributed by atoms with Gasteiger partial charge in [0, 0.05) is 19.6 Å². The van der Waals surface area contributed by atoms with Crippen LogP contribution in [0.25, 0.3) is 0 Å². The molecular weight excluding hydrogens is 186 g/mol. The highest BCUT2D eigenvalue weighted by molar-refractivity contribution is 5.84. The standard InChI is InChI=1S/C8H15N3O3/c1-2-14-8(13)11-4-3-10-5-6(11)7(9)12/h6,10H,2-5H2,1H3,(H2,9,12). The largest absolute Gasteiger partial charge is 0.450 e. The van der Waals surface area contributed by atoms with Gasteiger partial charge in [-0.25, -0.2) is 4.79 Å². The van der Waals surface area contributed by atoms with Crippen molar-refractivity contribution in [2.24, 2.45) is 5.73 Å². The van der Waals surface area contributed by atoms with Gasteiger partial charge in [0.25, 0.3) is 0 Å². The zero-order valence-corrected chi connectivity index (χ0v) is 8.16. The van der Waals surface area contributed by atoms with Gasteiger partial charge in [-0.15, -0.1) is 0 Å². The highest BCUT2D eigenvalue weighted by atomic mass is 16.6. The summed E-state index contributed by atoms with van der Waals surface area (Å²) in [6.07, 6.45) is -0.474. The second-order valence-electron chi connectivity index (χ2n) is 3.01. The number of carbonyl (C=O) groups excluding carboxylic acids is 2. The van der Waals surface area contributed by atoms with E-state index in [1.54, 1.807) is 6.92 Å². The van der Waals surface area contributed by atoms with Crippen molar-refractivity contribution in [2.75, 3.05) is 26.2 Å². The number of rotatable bonds is 2. The molecule has 1 aliphatic rings. The lowest BCUT2D eigenvalue weighted by Crippen LogP contribution is -2.58. The minimum absolute atomic E-state index is 0.300. The molecule has 0 radical (unpaired) electrons. The van der Waals surface area contributed by atoms with Crippen LogP contribution >= 0.6 is 0 Å². The zero-order chi connectivity index (χ0) is 10.6. The molecule has 1 atom stereocenters. The summed E-state index contributed by atoms with van der Waals surface area (Å²) in [7, 11) is 0. The maximum absolute atomic E-state index is 11.4. The van der Waals surface area contributed by atoms with Crippen LogP contribution in [0.1, 0.15) is 6.92 Å². The van der Waals surface area contributed by atoms with E-state index < -0.39 is 18.0 Å². The molecule has 14 heavy (non-hydrogen) atoms. The van der Waals surface area contributed by atoms with E-state index in [0.29, 0.717) is 26.2 Å². The van der Waals surface area contributed by atoms with Gasteiger partial charge in [-0.1, -0.05) is 0 Å². The van der Waals surface area contributed by atoms with Crippen LogP contribution in [-0.4, -0.2) is 49.2 Å². The molecule has 1 aliphatic heterocycles. The van der Waals surface area contributed by atoms with Crippen molar-refractivity contribution in [2.45, 2.75) is 13.0 Å².